The number of nitrogens with zero attached hydrogens (tertiary/aromatic N) is 1. The molecule has 1 aromatic carbocycles. The number of likely N-dealkylation sites (tertiary alicyclic amines) is 1. The molecule has 0 bridgehead atoms. The van der Waals surface area contributed by atoms with Gasteiger partial charge in [-0.1, -0.05) is 19.4 Å². The molecule has 0 aromatic heterocycles. The van der Waals surface area contributed by atoms with Crippen LogP contribution in [0.1, 0.15) is 49.8 Å². The van der Waals surface area contributed by atoms with Crippen LogP contribution in [0.15, 0.2) is 18.2 Å². The van der Waals surface area contributed by atoms with Crippen molar-refractivity contribution >= 4 is 5.69 Å². The highest BCUT2D eigenvalue weighted by atomic mass is 15.2. The number of anilines is 1. The first-order valence-corrected chi connectivity index (χ1v) is 7.40. The molecule has 2 heteroatoms. The van der Waals surface area contributed by atoms with Crippen molar-refractivity contribution in [2.45, 2.75) is 45.1 Å². The van der Waals surface area contributed by atoms with Crippen molar-refractivity contribution in [1.82, 2.24) is 4.90 Å². The second-order valence-corrected chi connectivity index (χ2v) is 5.95. The summed E-state index contributed by atoms with van der Waals surface area (Å²) in [5.74, 6) is 0.938. The Bertz CT molecular complexity index is 427. The predicted octanol–water partition coefficient (Wildman–Crippen LogP) is 3.38. The Balaban J connectivity index is 1.73. The second-order valence-electron chi connectivity index (χ2n) is 5.95. The molecule has 0 spiro atoms. The van der Waals surface area contributed by atoms with E-state index in [9.17, 15) is 0 Å². The molecule has 2 atom stereocenters. The summed E-state index contributed by atoms with van der Waals surface area (Å²) in [6.07, 6.45) is 6.63. The third-order valence-electron chi connectivity index (χ3n) is 4.67. The van der Waals surface area contributed by atoms with Crippen LogP contribution in [0.3, 0.4) is 0 Å². The van der Waals surface area contributed by atoms with E-state index in [2.05, 4.69) is 30.0 Å². The molecule has 1 aromatic rings. The van der Waals surface area contributed by atoms with Crippen molar-refractivity contribution in [3.05, 3.63) is 29.3 Å². The number of aryl methyl sites for hydroxylation is 1. The molecular weight excluding hydrogens is 220 g/mol. The van der Waals surface area contributed by atoms with Crippen LogP contribution in [-0.4, -0.2) is 18.0 Å². The monoisotopic (exact) mass is 244 g/mol. The van der Waals surface area contributed by atoms with Crippen molar-refractivity contribution in [1.29, 1.82) is 0 Å². The summed E-state index contributed by atoms with van der Waals surface area (Å²) in [7, 11) is 0. The highest BCUT2D eigenvalue weighted by Crippen LogP contribution is 2.39. The van der Waals surface area contributed by atoms with Crippen molar-refractivity contribution < 1.29 is 0 Å². The van der Waals surface area contributed by atoms with Crippen LogP contribution in [0.2, 0.25) is 0 Å². The lowest BCUT2D eigenvalue weighted by Crippen LogP contribution is -2.25. The van der Waals surface area contributed by atoms with Crippen LogP contribution in [-0.2, 0) is 6.42 Å². The summed E-state index contributed by atoms with van der Waals surface area (Å²) in [6, 6.07) is 7.17. The quantitative estimate of drug-likeness (QED) is 0.826. The zero-order chi connectivity index (χ0) is 12.5. The van der Waals surface area contributed by atoms with Gasteiger partial charge in [-0.05, 0) is 61.4 Å². The average molecular weight is 244 g/mol. The lowest BCUT2D eigenvalue weighted by molar-refractivity contribution is 0.234. The molecule has 0 radical (unpaired) electrons. The van der Waals surface area contributed by atoms with Crippen molar-refractivity contribution in [2.75, 3.05) is 18.8 Å². The van der Waals surface area contributed by atoms with Crippen LogP contribution >= 0.6 is 0 Å². The van der Waals surface area contributed by atoms with Crippen LogP contribution < -0.4 is 5.73 Å². The fourth-order valence-electron chi connectivity index (χ4n) is 3.78. The second kappa shape index (κ2) is 4.93. The fourth-order valence-corrected chi connectivity index (χ4v) is 3.78. The minimum absolute atomic E-state index is 0.669. The average Bonchev–Trinajstić information content (AvgIpc) is 2.95. The molecule has 2 N–H and O–H groups in total. The molecule has 98 valence electrons. The standard InChI is InChI=1S/C16H24N2/c1-2-3-12-8-9-18(11-12)16-7-4-13-10-14(17)5-6-15(13)16/h5-6,10,12,16H,2-4,7-9,11,17H2,1H3. The molecule has 2 aliphatic rings. The van der Waals surface area contributed by atoms with Crippen molar-refractivity contribution in [2.24, 2.45) is 5.92 Å². The molecule has 3 rings (SSSR count). The third-order valence-corrected chi connectivity index (χ3v) is 4.67. The maximum atomic E-state index is 5.88. The number of hydrogen-bond donors (Lipinski definition) is 1. The Kier molecular flexibility index (Phi) is 3.29. The summed E-state index contributed by atoms with van der Waals surface area (Å²) in [4.78, 5) is 2.71. The zero-order valence-electron chi connectivity index (χ0n) is 11.4. The Morgan fingerprint density at radius 3 is 3.06 bits per heavy atom. The van der Waals surface area contributed by atoms with Gasteiger partial charge in [0.1, 0.15) is 0 Å². The Morgan fingerprint density at radius 2 is 2.22 bits per heavy atom. The summed E-state index contributed by atoms with van der Waals surface area (Å²) in [5, 5.41) is 0. The van der Waals surface area contributed by atoms with Gasteiger partial charge in [0.15, 0.2) is 0 Å². The normalized spacial score (nSPS) is 27.6. The molecule has 1 aliphatic heterocycles. The smallest absolute Gasteiger partial charge is 0.0354 e. The lowest BCUT2D eigenvalue weighted by Gasteiger charge is -2.25. The zero-order valence-corrected chi connectivity index (χ0v) is 11.4. The highest BCUT2D eigenvalue weighted by Gasteiger charge is 2.32. The number of hydrogen-bond acceptors (Lipinski definition) is 2. The molecular formula is C16H24N2. The largest absolute Gasteiger partial charge is 0.399 e. The van der Waals surface area contributed by atoms with Gasteiger partial charge in [0, 0.05) is 18.3 Å². The lowest BCUT2D eigenvalue weighted by atomic mass is 10.0. The van der Waals surface area contributed by atoms with E-state index >= 15 is 0 Å². The Labute approximate surface area is 110 Å². The van der Waals surface area contributed by atoms with E-state index in [0.717, 1.165) is 11.6 Å². The van der Waals surface area contributed by atoms with Crippen LogP contribution in [0.25, 0.3) is 0 Å². The minimum atomic E-state index is 0.669. The predicted molar refractivity (Wildman–Crippen MR) is 76.5 cm³/mol. The van der Waals surface area contributed by atoms with Gasteiger partial charge in [0.05, 0.1) is 0 Å². The molecule has 1 aliphatic carbocycles. The van der Waals surface area contributed by atoms with Gasteiger partial charge in [0.2, 0.25) is 0 Å². The van der Waals surface area contributed by atoms with Gasteiger partial charge in [-0.15, -0.1) is 0 Å². The number of benzene rings is 1. The highest BCUT2D eigenvalue weighted by molar-refractivity contribution is 5.47. The van der Waals surface area contributed by atoms with E-state index < -0.39 is 0 Å². The van der Waals surface area contributed by atoms with E-state index in [0.29, 0.717) is 6.04 Å². The van der Waals surface area contributed by atoms with Crippen molar-refractivity contribution in [3.63, 3.8) is 0 Å². The first-order valence-electron chi connectivity index (χ1n) is 7.40. The summed E-state index contributed by atoms with van der Waals surface area (Å²) >= 11 is 0. The number of nitrogens with two attached hydrogens (primary N) is 1. The molecule has 1 fully saturated rings. The SMILES string of the molecule is CCCC1CCN(C2CCc3cc(N)ccc32)C1. The van der Waals surface area contributed by atoms with E-state index in [-0.39, 0.29) is 0 Å². The number of rotatable bonds is 3. The Hall–Kier alpha value is -1.02. The molecule has 1 heterocycles. The van der Waals surface area contributed by atoms with Gasteiger partial charge in [0.25, 0.3) is 0 Å². The number of nitrogen functional groups attached to an aromatic ring is 1. The molecule has 2 unspecified atom stereocenters. The summed E-state index contributed by atoms with van der Waals surface area (Å²) < 4.78 is 0. The summed E-state index contributed by atoms with van der Waals surface area (Å²) in [5.41, 5.74) is 9.82. The first kappa shape index (κ1) is 12.0. The van der Waals surface area contributed by atoms with E-state index in [1.165, 1.54) is 50.8 Å². The minimum Gasteiger partial charge on any atom is -0.399 e. The maximum absolute atomic E-state index is 5.88. The van der Waals surface area contributed by atoms with E-state index in [1.807, 2.05) is 0 Å². The third kappa shape index (κ3) is 2.14. The first-order chi connectivity index (χ1) is 8.78. The van der Waals surface area contributed by atoms with E-state index in [1.54, 1.807) is 5.56 Å². The van der Waals surface area contributed by atoms with Gasteiger partial charge in [-0.2, -0.15) is 0 Å². The molecule has 0 amide bonds. The number of fused-ring (bicyclic) bond motifs is 1. The van der Waals surface area contributed by atoms with Crippen LogP contribution in [0.4, 0.5) is 5.69 Å². The van der Waals surface area contributed by atoms with Crippen LogP contribution in [0.5, 0.6) is 0 Å². The fraction of sp³-hybridized carbons (Fsp3) is 0.625. The van der Waals surface area contributed by atoms with E-state index in [4.69, 9.17) is 5.73 Å². The molecule has 2 nitrogen and oxygen atoms in total. The molecule has 0 saturated carbocycles. The van der Waals surface area contributed by atoms with Gasteiger partial charge >= 0.3 is 0 Å². The maximum Gasteiger partial charge on any atom is 0.0354 e. The Morgan fingerprint density at radius 1 is 1.33 bits per heavy atom. The summed E-state index contributed by atoms with van der Waals surface area (Å²) in [6.45, 7) is 4.90. The van der Waals surface area contributed by atoms with Gasteiger partial charge < -0.3 is 5.73 Å². The van der Waals surface area contributed by atoms with Gasteiger partial charge in [-0.3, -0.25) is 4.90 Å². The topological polar surface area (TPSA) is 29.3 Å². The van der Waals surface area contributed by atoms with Crippen molar-refractivity contribution in [3.8, 4) is 0 Å². The molecule has 18 heavy (non-hydrogen) atoms. The molecule has 1 saturated heterocycles. The van der Waals surface area contributed by atoms with Gasteiger partial charge in [-0.25, -0.2) is 0 Å². The van der Waals surface area contributed by atoms with Crippen LogP contribution in [0, 0.1) is 5.92 Å².